The molecular formula is C22H16N8. The summed E-state index contributed by atoms with van der Waals surface area (Å²) in [6.45, 7) is 0. The van der Waals surface area contributed by atoms with Gasteiger partial charge in [-0.3, -0.25) is 19.7 Å². The molecule has 0 radical (unpaired) electrons. The van der Waals surface area contributed by atoms with Crippen molar-refractivity contribution >= 4 is 21.9 Å². The van der Waals surface area contributed by atoms with Gasteiger partial charge in [-0.05, 0) is 18.2 Å². The molecule has 0 aliphatic rings. The van der Waals surface area contributed by atoms with Crippen LogP contribution in [-0.2, 0) is 7.05 Å². The second kappa shape index (κ2) is 6.35. The minimum atomic E-state index is 0.705. The van der Waals surface area contributed by atoms with Gasteiger partial charge in [-0.2, -0.15) is 10.2 Å². The Kier molecular flexibility index (Phi) is 3.51. The maximum atomic E-state index is 4.89. The maximum Gasteiger partial charge on any atom is 0.159 e. The predicted octanol–water partition coefficient (Wildman–Crippen LogP) is 3.96. The number of imidazole rings is 1. The molecule has 30 heavy (non-hydrogen) atoms. The van der Waals surface area contributed by atoms with Gasteiger partial charge in [0, 0.05) is 47.7 Å². The van der Waals surface area contributed by atoms with Crippen molar-refractivity contribution in [2.24, 2.45) is 7.05 Å². The van der Waals surface area contributed by atoms with Gasteiger partial charge in [0.05, 0.1) is 34.6 Å². The average Bonchev–Trinajstić information content (AvgIpc) is 3.50. The molecule has 2 N–H and O–H groups in total. The molecule has 8 nitrogen and oxygen atoms in total. The molecule has 5 aromatic heterocycles. The fourth-order valence-corrected chi connectivity index (χ4v) is 3.71. The Morgan fingerprint density at radius 1 is 0.967 bits per heavy atom. The third kappa shape index (κ3) is 2.58. The van der Waals surface area contributed by atoms with E-state index < -0.39 is 0 Å². The van der Waals surface area contributed by atoms with E-state index in [0.717, 1.165) is 50.0 Å². The molecule has 1 aromatic carbocycles. The molecule has 0 spiro atoms. The first-order chi connectivity index (χ1) is 14.8. The van der Waals surface area contributed by atoms with E-state index in [9.17, 15) is 0 Å². The molecule has 144 valence electrons. The summed E-state index contributed by atoms with van der Waals surface area (Å²) in [5, 5.41) is 12.8. The zero-order chi connectivity index (χ0) is 20.1. The number of hydrogen-bond acceptors (Lipinski definition) is 5. The van der Waals surface area contributed by atoms with Gasteiger partial charge in [0.25, 0.3) is 0 Å². The van der Waals surface area contributed by atoms with E-state index in [1.165, 1.54) is 0 Å². The largest absolute Gasteiger partial charge is 0.337 e. The number of fused-ring (bicyclic) bond motifs is 2. The summed E-state index contributed by atoms with van der Waals surface area (Å²) in [6, 6.07) is 12.1. The van der Waals surface area contributed by atoms with Gasteiger partial charge in [0.1, 0.15) is 5.69 Å². The Balaban J connectivity index is 1.52. The molecule has 0 bridgehead atoms. The van der Waals surface area contributed by atoms with Crippen molar-refractivity contribution in [3.8, 4) is 33.9 Å². The van der Waals surface area contributed by atoms with Crippen molar-refractivity contribution in [1.29, 1.82) is 0 Å². The monoisotopic (exact) mass is 392 g/mol. The van der Waals surface area contributed by atoms with E-state index >= 15 is 0 Å². The van der Waals surface area contributed by atoms with Crippen LogP contribution < -0.4 is 0 Å². The quantitative estimate of drug-likeness (QED) is 0.475. The lowest BCUT2D eigenvalue weighted by Crippen LogP contribution is -1.85. The maximum absolute atomic E-state index is 4.89. The van der Waals surface area contributed by atoms with Gasteiger partial charge in [-0.1, -0.05) is 18.2 Å². The highest BCUT2D eigenvalue weighted by atomic mass is 15.2. The summed E-state index contributed by atoms with van der Waals surface area (Å²) in [7, 11) is 1.89. The topological polar surface area (TPSA) is 101 Å². The minimum absolute atomic E-state index is 0.705. The normalized spacial score (nSPS) is 11.5. The Bertz CT molecular complexity index is 1510. The highest BCUT2D eigenvalue weighted by molar-refractivity contribution is 5.97. The number of nitrogens with zero attached hydrogens (tertiary/aromatic N) is 6. The van der Waals surface area contributed by atoms with E-state index in [0.29, 0.717) is 5.82 Å². The molecule has 0 amide bonds. The van der Waals surface area contributed by atoms with Crippen molar-refractivity contribution in [3.63, 3.8) is 0 Å². The van der Waals surface area contributed by atoms with E-state index in [1.54, 1.807) is 23.3 Å². The molecule has 0 saturated heterocycles. The first-order valence-electron chi connectivity index (χ1n) is 9.49. The third-order valence-corrected chi connectivity index (χ3v) is 5.16. The van der Waals surface area contributed by atoms with Crippen LogP contribution in [0.2, 0.25) is 0 Å². The third-order valence-electron chi connectivity index (χ3n) is 5.16. The van der Waals surface area contributed by atoms with Crippen LogP contribution in [0.3, 0.4) is 0 Å². The Morgan fingerprint density at radius 2 is 1.93 bits per heavy atom. The molecule has 0 fully saturated rings. The molecule has 6 aromatic rings. The molecule has 0 aliphatic heterocycles. The van der Waals surface area contributed by atoms with Crippen molar-refractivity contribution in [1.82, 2.24) is 39.9 Å². The van der Waals surface area contributed by atoms with Crippen LogP contribution in [-0.4, -0.2) is 39.9 Å². The molecular weight excluding hydrogens is 376 g/mol. The van der Waals surface area contributed by atoms with E-state index in [-0.39, 0.29) is 0 Å². The van der Waals surface area contributed by atoms with Crippen molar-refractivity contribution < 1.29 is 0 Å². The number of rotatable bonds is 3. The number of H-pyrrole nitrogens is 2. The molecule has 0 aliphatic carbocycles. The standard InChI is InChI=1S/C22H16N8/c1-30-12-14(10-25-30)18-8-16-19(11-24-18)28-29-21(16)22-26-17-6-2-5-15(20(17)27-22)13-4-3-7-23-9-13/h2-12H,1H3,(H,26,27)(H,28,29). The zero-order valence-corrected chi connectivity index (χ0v) is 16.0. The Labute approximate surface area is 170 Å². The molecule has 5 heterocycles. The zero-order valence-electron chi connectivity index (χ0n) is 16.0. The lowest BCUT2D eigenvalue weighted by Gasteiger charge is -2.00. The lowest BCUT2D eigenvalue weighted by atomic mass is 10.1. The molecule has 8 heteroatoms. The van der Waals surface area contributed by atoms with Gasteiger partial charge in [0.2, 0.25) is 0 Å². The summed E-state index contributed by atoms with van der Waals surface area (Å²) in [5.74, 6) is 0.705. The minimum Gasteiger partial charge on any atom is -0.337 e. The van der Waals surface area contributed by atoms with Crippen LogP contribution in [0.25, 0.3) is 55.8 Å². The van der Waals surface area contributed by atoms with Gasteiger partial charge in [-0.15, -0.1) is 0 Å². The molecule has 0 atom stereocenters. The first kappa shape index (κ1) is 16.6. The number of hydrogen-bond donors (Lipinski definition) is 2. The van der Waals surface area contributed by atoms with E-state index in [1.807, 2.05) is 49.8 Å². The average molecular weight is 392 g/mol. The summed E-state index contributed by atoms with van der Waals surface area (Å²) in [5.41, 5.74) is 7.29. The van der Waals surface area contributed by atoms with Crippen LogP contribution in [0, 0.1) is 0 Å². The fourth-order valence-electron chi connectivity index (χ4n) is 3.71. The lowest BCUT2D eigenvalue weighted by molar-refractivity contribution is 0.768. The smallest absolute Gasteiger partial charge is 0.159 e. The summed E-state index contributed by atoms with van der Waals surface area (Å²) < 4.78 is 1.76. The number of nitrogens with one attached hydrogen (secondary N) is 2. The van der Waals surface area contributed by atoms with Crippen molar-refractivity contribution in [2.45, 2.75) is 0 Å². The van der Waals surface area contributed by atoms with Crippen LogP contribution in [0.4, 0.5) is 0 Å². The van der Waals surface area contributed by atoms with Crippen LogP contribution in [0.5, 0.6) is 0 Å². The summed E-state index contributed by atoms with van der Waals surface area (Å²) in [4.78, 5) is 17.1. The second-order valence-corrected chi connectivity index (χ2v) is 7.12. The van der Waals surface area contributed by atoms with Gasteiger partial charge >= 0.3 is 0 Å². The van der Waals surface area contributed by atoms with Crippen LogP contribution >= 0.6 is 0 Å². The highest BCUT2D eigenvalue weighted by Gasteiger charge is 2.16. The van der Waals surface area contributed by atoms with Crippen LogP contribution in [0.1, 0.15) is 0 Å². The predicted molar refractivity (Wildman–Crippen MR) is 114 cm³/mol. The number of para-hydroxylation sites is 1. The molecule has 0 unspecified atom stereocenters. The summed E-state index contributed by atoms with van der Waals surface area (Å²) >= 11 is 0. The molecule has 0 saturated carbocycles. The number of aromatic nitrogens is 8. The van der Waals surface area contributed by atoms with Gasteiger partial charge < -0.3 is 4.98 Å². The SMILES string of the molecule is Cn1cc(-c2cc3c(-c4nc5c(-c6cccnc6)cccc5[nH]4)n[nH]c3cn2)cn1. The second-order valence-electron chi connectivity index (χ2n) is 7.12. The molecule has 6 rings (SSSR count). The first-order valence-corrected chi connectivity index (χ1v) is 9.49. The number of aromatic amines is 2. The highest BCUT2D eigenvalue weighted by Crippen LogP contribution is 2.32. The van der Waals surface area contributed by atoms with Gasteiger partial charge in [0.15, 0.2) is 5.82 Å². The Hall–Kier alpha value is -4.33. The number of benzene rings is 1. The number of aryl methyl sites for hydroxylation is 1. The Morgan fingerprint density at radius 3 is 2.77 bits per heavy atom. The number of pyridine rings is 2. The van der Waals surface area contributed by atoms with Crippen molar-refractivity contribution in [2.75, 3.05) is 0 Å². The van der Waals surface area contributed by atoms with Crippen molar-refractivity contribution in [3.05, 3.63) is 67.4 Å². The van der Waals surface area contributed by atoms with Crippen LogP contribution in [0.15, 0.2) is 67.4 Å². The fraction of sp³-hybridized carbons (Fsp3) is 0.0455. The summed E-state index contributed by atoms with van der Waals surface area (Å²) in [6.07, 6.45) is 9.14. The van der Waals surface area contributed by atoms with Gasteiger partial charge in [-0.25, -0.2) is 4.98 Å². The van der Waals surface area contributed by atoms with E-state index in [2.05, 4.69) is 36.3 Å². The van der Waals surface area contributed by atoms with E-state index in [4.69, 9.17) is 4.98 Å².